The van der Waals surface area contributed by atoms with Crippen molar-refractivity contribution in [2.45, 2.75) is 6.42 Å². The Morgan fingerprint density at radius 1 is 1.42 bits per heavy atom. The van der Waals surface area contributed by atoms with Crippen LogP contribution in [0.5, 0.6) is 0 Å². The van der Waals surface area contributed by atoms with Gasteiger partial charge in [0.15, 0.2) is 5.96 Å². The molecule has 1 aromatic heterocycles. The minimum Gasteiger partial charge on any atom is -0.355 e. The lowest BCUT2D eigenvalue weighted by atomic mass is 10.3. The summed E-state index contributed by atoms with van der Waals surface area (Å²) in [4.78, 5) is 7.61. The zero-order valence-corrected chi connectivity index (χ0v) is 16.7. The molecule has 0 unspecified atom stereocenters. The van der Waals surface area contributed by atoms with Crippen LogP contribution in [0, 0.1) is 0 Å². The van der Waals surface area contributed by atoms with E-state index in [2.05, 4.69) is 27.8 Å². The third kappa shape index (κ3) is 5.94. The average molecular weight is 391 g/mol. The zero-order chi connectivity index (χ0) is 17.4. The summed E-state index contributed by atoms with van der Waals surface area (Å²) in [6, 6.07) is 4.18. The Balaban J connectivity index is 1.76. The van der Waals surface area contributed by atoms with Gasteiger partial charge in [-0.2, -0.15) is 11.8 Å². The van der Waals surface area contributed by atoms with Crippen LogP contribution in [0.3, 0.4) is 0 Å². The molecule has 0 bridgehead atoms. The van der Waals surface area contributed by atoms with E-state index in [4.69, 9.17) is 0 Å². The fourth-order valence-electron chi connectivity index (χ4n) is 2.47. The van der Waals surface area contributed by atoms with E-state index in [1.807, 2.05) is 23.7 Å². The highest BCUT2D eigenvalue weighted by Crippen LogP contribution is 2.13. The van der Waals surface area contributed by atoms with Crippen molar-refractivity contribution in [3.05, 3.63) is 22.4 Å². The van der Waals surface area contributed by atoms with Crippen LogP contribution >= 0.6 is 23.1 Å². The summed E-state index contributed by atoms with van der Waals surface area (Å²) in [6.07, 6.45) is 0.957. The molecule has 0 spiro atoms. The summed E-state index contributed by atoms with van der Waals surface area (Å²) in [5.41, 5.74) is 0. The molecule has 1 aromatic rings. The van der Waals surface area contributed by atoms with Gasteiger partial charge in [-0.05, 0) is 17.9 Å². The van der Waals surface area contributed by atoms with Crippen molar-refractivity contribution in [1.29, 1.82) is 0 Å². The van der Waals surface area contributed by atoms with E-state index < -0.39 is 10.0 Å². The van der Waals surface area contributed by atoms with Gasteiger partial charge in [-0.3, -0.25) is 4.99 Å². The topological polar surface area (TPSA) is 65.0 Å². The molecule has 0 saturated carbocycles. The molecule has 0 aromatic carbocycles. The number of hydrogen-bond donors (Lipinski definition) is 1. The summed E-state index contributed by atoms with van der Waals surface area (Å²) < 4.78 is 26.3. The normalized spacial score (nSPS) is 17.0. The maximum atomic E-state index is 12.3. The third-order valence-corrected chi connectivity index (χ3v) is 7.60. The highest BCUT2D eigenvalue weighted by molar-refractivity contribution is 7.99. The predicted molar refractivity (Wildman–Crippen MR) is 105 cm³/mol. The van der Waals surface area contributed by atoms with E-state index in [0.717, 1.165) is 30.4 Å². The van der Waals surface area contributed by atoms with E-state index in [1.165, 1.54) is 4.88 Å². The van der Waals surface area contributed by atoms with Crippen molar-refractivity contribution in [1.82, 2.24) is 14.5 Å². The number of aliphatic imine (C=N–C) groups is 1. The number of nitrogens with zero attached hydrogens (tertiary/aromatic N) is 3. The molecule has 0 aliphatic carbocycles. The fourth-order valence-corrected chi connectivity index (χ4v) is 5.66. The molecule has 0 atom stereocenters. The second kappa shape index (κ2) is 9.65. The lowest BCUT2D eigenvalue weighted by Crippen LogP contribution is -2.45. The van der Waals surface area contributed by atoms with Gasteiger partial charge in [-0.25, -0.2) is 12.7 Å². The van der Waals surface area contributed by atoms with Gasteiger partial charge < -0.3 is 10.2 Å². The van der Waals surface area contributed by atoms with Crippen molar-refractivity contribution in [2.75, 3.05) is 57.5 Å². The van der Waals surface area contributed by atoms with Gasteiger partial charge in [-0.15, -0.1) is 11.3 Å². The highest BCUT2D eigenvalue weighted by atomic mass is 32.2. The van der Waals surface area contributed by atoms with Crippen LogP contribution in [-0.4, -0.2) is 81.1 Å². The number of rotatable bonds is 7. The standard InChI is InChI=1S/C15H26N4O2S3/c1-16-15(18(2)7-5-14-4-3-10-23-14)17-6-13-24(20,21)19-8-11-22-12-9-19/h3-4,10H,5-9,11-13H2,1-2H3,(H,16,17). The molecule has 0 radical (unpaired) electrons. The van der Waals surface area contributed by atoms with Crippen LogP contribution in [0.4, 0.5) is 0 Å². The van der Waals surface area contributed by atoms with E-state index in [-0.39, 0.29) is 5.75 Å². The third-order valence-electron chi connectivity index (χ3n) is 3.85. The summed E-state index contributed by atoms with van der Waals surface area (Å²) in [5, 5.41) is 5.24. The quantitative estimate of drug-likeness (QED) is 0.559. The highest BCUT2D eigenvalue weighted by Gasteiger charge is 2.23. The summed E-state index contributed by atoms with van der Waals surface area (Å²) in [5.74, 6) is 2.62. The smallest absolute Gasteiger partial charge is 0.215 e. The number of guanidine groups is 1. The molecule has 0 amide bonds. The van der Waals surface area contributed by atoms with Gasteiger partial charge in [0.25, 0.3) is 0 Å². The Bertz CT molecular complexity index is 611. The minimum absolute atomic E-state index is 0.107. The molecule has 1 saturated heterocycles. The molecule has 1 N–H and O–H groups in total. The van der Waals surface area contributed by atoms with Crippen LogP contribution in [-0.2, 0) is 16.4 Å². The number of nitrogens with one attached hydrogen (secondary N) is 1. The van der Waals surface area contributed by atoms with E-state index in [9.17, 15) is 8.42 Å². The average Bonchev–Trinajstić information content (AvgIpc) is 3.11. The summed E-state index contributed by atoms with van der Waals surface area (Å²) >= 11 is 3.56. The molecule has 9 heteroatoms. The number of thiophene rings is 1. The number of likely N-dealkylation sites (N-methyl/N-ethyl adjacent to an activating group) is 1. The first-order valence-electron chi connectivity index (χ1n) is 8.02. The maximum absolute atomic E-state index is 12.3. The Labute approximate surface area is 153 Å². The van der Waals surface area contributed by atoms with Gasteiger partial charge in [0.05, 0.1) is 5.75 Å². The van der Waals surface area contributed by atoms with Crippen molar-refractivity contribution in [3.8, 4) is 0 Å². The van der Waals surface area contributed by atoms with Crippen molar-refractivity contribution in [3.63, 3.8) is 0 Å². The van der Waals surface area contributed by atoms with Gasteiger partial charge in [0, 0.05) is 56.7 Å². The maximum Gasteiger partial charge on any atom is 0.215 e. The first-order valence-corrected chi connectivity index (χ1v) is 11.7. The second-order valence-electron chi connectivity index (χ2n) is 5.55. The van der Waals surface area contributed by atoms with Gasteiger partial charge in [-0.1, -0.05) is 6.07 Å². The first kappa shape index (κ1) is 19.6. The molecule has 1 aliphatic heterocycles. The first-order chi connectivity index (χ1) is 11.5. The number of thioether (sulfide) groups is 1. The zero-order valence-electron chi connectivity index (χ0n) is 14.3. The van der Waals surface area contributed by atoms with Crippen LogP contribution in [0.25, 0.3) is 0 Å². The molecule has 2 heterocycles. The molecule has 2 rings (SSSR count). The van der Waals surface area contributed by atoms with Crippen LogP contribution in [0.1, 0.15) is 4.88 Å². The largest absolute Gasteiger partial charge is 0.355 e. The van der Waals surface area contributed by atoms with Crippen LogP contribution in [0.2, 0.25) is 0 Å². The molecule has 136 valence electrons. The summed E-state index contributed by atoms with van der Waals surface area (Å²) in [7, 11) is 0.519. The van der Waals surface area contributed by atoms with Gasteiger partial charge in [0.1, 0.15) is 0 Å². The van der Waals surface area contributed by atoms with Gasteiger partial charge in [0.2, 0.25) is 10.0 Å². The van der Waals surface area contributed by atoms with Crippen LogP contribution < -0.4 is 5.32 Å². The Kier molecular flexibility index (Phi) is 7.86. The lowest BCUT2D eigenvalue weighted by Gasteiger charge is -2.26. The van der Waals surface area contributed by atoms with Crippen molar-refractivity contribution < 1.29 is 8.42 Å². The summed E-state index contributed by atoms with van der Waals surface area (Å²) in [6.45, 7) is 2.48. The Morgan fingerprint density at radius 3 is 2.79 bits per heavy atom. The van der Waals surface area contributed by atoms with E-state index in [1.54, 1.807) is 22.7 Å². The molecule has 1 aliphatic rings. The molecule has 6 nitrogen and oxygen atoms in total. The predicted octanol–water partition coefficient (Wildman–Crippen LogP) is 1.18. The van der Waals surface area contributed by atoms with Crippen molar-refractivity contribution in [2.24, 2.45) is 4.99 Å². The molecular weight excluding hydrogens is 364 g/mol. The van der Waals surface area contributed by atoms with E-state index >= 15 is 0 Å². The lowest BCUT2D eigenvalue weighted by molar-refractivity contribution is 0.442. The van der Waals surface area contributed by atoms with Crippen molar-refractivity contribution >= 4 is 39.1 Å². The van der Waals surface area contributed by atoms with Gasteiger partial charge >= 0.3 is 0 Å². The second-order valence-corrected chi connectivity index (χ2v) is 9.90. The van der Waals surface area contributed by atoms with E-state index in [0.29, 0.717) is 19.6 Å². The Morgan fingerprint density at radius 2 is 2.17 bits per heavy atom. The number of sulfonamides is 1. The fraction of sp³-hybridized carbons (Fsp3) is 0.667. The monoisotopic (exact) mass is 390 g/mol. The van der Waals surface area contributed by atoms with Crippen LogP contribution in [0.15, 0.2) is 22.5 Å². The molecule has 24 heavy (non-hydrogen) atoms. The SMILES string of the molecule is CN=C(NCCS(=O)(=O)N1CCSCC1)N(C)CCc1cccs1. The Hall–Kier alpha value is -0.770. The molecular formula is C15H26N4O2S3. The number of hydrogen-bond acceptors (Lipinski definition) is 5. The molecule has 1 fully saturated rings. The minimum atomic E-state index is -3.18.